The van der Waals surface area contributed by atoms with Gasteiger partial charge in [0, 0.05) is 19.2 Å². The Morgan fingerprint density at radius 3 is 2.16 bits per heavy atom. The second-order valence-electron chi connectivity index (χ2n) is 5.33. The second-order valence-corrected chi connectivity index (χ2v) is 5.33. The van der Waals surface area contributed by atoms with E-state index in [9.17, 15) is 9.59 Å². The molecule has 0 bridgehead atoms. The number of hydrogen-bond donors (Lipinski definition) is 3. The van der Waals surface area contributed by atoms with E-state index in [4.69, 9.17) is 10.2 Å². The number of hydrogen-bond acceptors (Lipinski definition) is 3. The van der Waals surface area contributed by atoms with Gasteiger partial charge >= 0.3 is 12.0 Å². The fourth-order valence-electron chi connectivity index (χ4n) is 1.76. The summed E-state index contributed by atoms with van der Waals surface area (Å²) in [7, 11) is 0. The molecule has 112 valence electrons. The first-order valence-electron chi connectivity index (χ1n) is 6.70. The highest BCUT2D eigenvalue weighted by atomic mass is 16.4. The third kappa shape index (κ3) is 7.00. The molecular formula is C13H26N2O4. The van der Waals surface area contributed by atoms with E-state index in [1.54, 1.807) is 0 Å². The third-order valence-electron chi connectivity index (χ3n) is 2.74. The smallest absolute Gasteiger partial charge is 0.326 e. The van der Waals surface area contributed by atoms with Gasteiger partial charge in [-0.2, -0.15) is 0 Å². The van der Waals surface area contributed by atoms with Crippen molar-refractivity contribution in [3.05, 3.63) is 0 Å². The van der Waals surface area contributed by atoms with Crippen LogP contribution in [0, 0.1) is 5.92 Å². The molecule has 0 saturated heterocycles. The van der Waals surface area contributed by atoms with Crippen LogP contribution < -0.4 is 5.32 Å². The van der Waals surface area contributed by atoms with Gasteiger partial charge < -0.3 is 20.4 Å². The highest BCUT2D eigenvalue weighted by molar-refractivity contribution is 5.82. The van der Waals surface area contributed by atoms with Gasteiger partial charge in [0.15, 0.2) is 0 Å². The van der Waals surface area contributed by atoms with Crippen LogP contribution in [0.2, 0.25) is 0 Å². The largest absolute Gasteiger partial charge is 0.480 e. The van der Waals surface area contributed by atoms with Crippen molar-refractivity contribution in [1.82, 2.24) is 10.2 Å². The summed E-state index contributed by atoms with van der Waals surface area (Å²) in [5, 5.41) is 20.5. The van der Waals surface area contributed by atoms with Crippen LogP contribution in [0.3, 0.4) is 0 Å². The number of rotatable bonds is 8. The number of carbonyl (C=O) groups excluding carboxylic acids is 1. The standard InChI is InChI=1S/C13H26N2O4/c1-9(2)8-11(12(17)18)14-13(19)15(10(3)4)6-5-7-16/h9-11,16H,5-8H2,1-4H3,(H,14,19)(H,17,18)/t11-/m0/s1. The van der Waals surface area contributed by atoms with E-state index in [0.717, 1.165) is 0 Å². The lowest BCUT2D eigenvalue weighted by Crippen LogP contribution is -2.50. The molecule has 0 rings (SSSR count). The maximum Gasteiger partial charge on any atom is 0.326 e. The molecule has 3 N–H and O–H groups in total. The lowest BCUT2D eigenvalue weighted by molar-refractivity contribution is -0.139. The molecule has 0 unspecified atom stereocenters. The summed E-state index contributed by atoms with van der Waals surface area (Å²) in [5.41, 5.74) is 0. The van der Waals surface area contributed by atoms with Crippen LogP contribution in [-0.4, -0.2) is 52.3 Å². The van der Waals surface area contributed by atoms with Crippen molar-refractivity contribution in [2.24, 2.45) is 5.92 Å². The minimum atomic E-state index is -1.02. The predicted octanol–water partition coefficient (Wildman–Crippen LogP) is 1.29. The molecule has 0 fully saturated rings. The SMILES string of the molecule is CC(C)C[C@H](NC(=O)N(CCCO)C(C)C)C(=O)O. The summed E-state index contributed by atoms with van der Waals surface area (Å²) >= 11 is 0. The van der Waals surface area contributed by atoms with E-state index < -0.39 is 18.0 Å². The number of nitrogens with zero attached hydrogens (tertiary/aromatic N) is 1. The van der Waals surface area contributed by atoms with E-state index in [1.807, 2.05) is 27.7 Å². The van der Waals surface area contributed by atoms with E-state index in [0.29, 0.717) is 19.4 Å². The third-order valence-corrected chi connectivity index (χ3v) is 2.74. The van der Waals surface area contributed by atoms with Gasteiger partial charge in [0.2, 0.25) is 0 Å². The van der Waals surface area contributed by atoms with Crippen LogP contribution in [0.1, 0.15) is 40.5 Å². The molecule has 19 heavy (non-hydrogen) atoms. The van der Waals surface area contributed by atoms with Gasteiger partial charge in [-0.3, -0.25) is 0 Å². The Bertz CT molecular complexity index is 292. The Labute approximate surface area is 114 Å². The van der Waals surface area contributed by atoms with Crippen molar-refractivity contribution in [3.63, 3.8) is 0 Å². The highest BCUT2D eigenvalue weighted by Gasteiger charge is 2.24. The van der Waals surface area contributed by atoms with Crippen molar-refractivity contribution in [2.75, 3.05) is 13.2 Å². The summed E-state index contributed by atoms with van der Waals surface area (Å²) in [6.07, 6.45) is 0.876. The number of nitrogens with one attached hydrogen (secondary N) is 1. The van der Waals surface area contributed by atoms with Gasteiger partial charge in [0.1, 0.15) is 6.04 Å². The minimum Gasteiger partial charge on any atom is -0.480 e. The molecule has 0 aromatic rings. The normalized spacial score (nSPS) is 12.6. The number of aliphatic hydroxyl groups is 1. The van der Waals surface area contributed by atoms with Crippen LogP contribution in [0.25, 0.3) is 0 Å². The molecule has 0 aromatic heterocycles. The molecule has 2 amide bonds. The number of amides is 2. The Hall–Kier alpha value is -1.30. The topological polar surface area (TPSA) is 89.9 Å². The summed E-state index contributed by atoms with van der Waals surface area (Å²) in [4.78, 5) is 24.7. The number of aliphatic carboxylic acids is 1. The average molecular weight is 274 g/mol. The first-order valence-corrected chi connectivity index (χ1v) is 6.70. The minimum absolute atomic E-state index is 0.00481. The quantitative estimate of drug-likeness (QED) is 0.622. The first-order chi connectivity index (χ1) is 8.79. The van der Waals surface area contributed by atoms with Crippen molar-refractivity contribution < 1.29 is 19.8 Å². The van der Waals surface area contributed by atoms with Gasteiger partial charge in [-0.25, -0.2) is 9.59 Å². The van der Waals surface area contributed by atoms with Crippen molar-refractivity contribution in [2.45, 2.75) is 52.6 Å². The van der Waals surface area contributed by atoms with Gasteiger partial charge in [0.25, 0.3) is 0 Å². The summed E-state index contributed by atoms with van der Waals surface area (Å²) < 4.78 is 0. The van der Waals surface area contributed by atoms with Crippen molar-refractivity contribution >= 4 is 12.0 Å². The van der Waals surface area contributed by atoms with Crippen LogP contribution in [0.4, 0.5) is 4.79 Å². The van der Waals surface area contributed by atoms with E-state index in [-0.39, 0.29) is 18.6 Å². The maximum absolute atomic E-state index is 12.1. The van der Waals surface area contributed by atoms with Crippen molar-refractivity contribution in [1.29, 1.82) is 0 Å². The average Bonchev–Trinajstić information content (AvgIpc) is 2.27. The number of carbonyl (C=O) groups is 2. The lowest BCUT2D eigenvalue weighted by atomic mass is 10.0. The molecule has 0 heterocycles. The monoisotopic (exact) mass is 274 g/mol. The van der Waals surface area contributed by atoms with Gasteiger partial charge in [-0.1, -0.05) is 13.8 Å². The summed E-state index contributed by atoms with van der Waals surface area (Å²) in [6, 6.07) is -1.31. The van der Waals surface area contributed by atoms with Gasteiger partial charge in [-0.15, -0.1) is 0 Å². The van der Waals surface area contributed by atoms with E-state index in [2.05, 4.69) is 5.32 Å². The Kier molecular flexibility index (Phi) is 8.14. The second kappa shape index (κ2) is 8.74. The number of carboxylic acids is 1. The van der Waals surface area contributed by atoms with Crippen molar-refractivity contribution in [3.8, 4) is 0 Å². The van der Waals surface area contributed by atoms with Gasteiger partial charge in [0.05, 0.1) is 0 Å². The molecule has 0 aliphatic heterocycles. The summed E-state index contributed by atoms with van der Waals surface area (Å²) in [5.74, 6) is -0.834. The van der Waals surface area contributed by atoms with E-state index in [1.165, 1.54) is 4.90 Å². The Morgan fingerprint density at radius 1 is 1.21 bits per heavy atom. The van der Waals surface area contributed by atoms with Crippen LogP contribution in [-0.2, 0) is 4.79 Å². The fraction of sp³-hybridized carbons (Fsp3) is 0.846. The fourth-order valence-corrected chi connectivity index (χ4v) is 1.76. The molecule has 0 spiro atoms. The zero-order chi connectivity index (χ0) is 15.0. The number of aliphatic hydroxyl groups excluding tert-OH is 1. The molecule has 6 nitrogen and oxygen atoms in total. The number of urea groups is 1. The zero-order valence-electron chi connectivity index (χ0n) is 12.2. The molecule has 0 aromatic carbocycles. The molecule has 0 aliphatic carbocycles. The zero-order valence-corrected chi connectivity index (χ0v) is 12.2. The van der Waals surface area contributed by atoms with E-state index >= 15 is 0 Å². The molecule has 1 atom stereocenters. The molecule has 0 saturated carbocycles. The summed E-state index contributed by atoms with van der Waals surface area (Å²) in [6.45, 7) is 7.95. The lowest BCUT2D eigenvalue weighted by Gasteiger charge is -2.28. The Balaban J connectivity index is 4.61. The van der Waals surface area contributed by atoms with Crippen LogP contribution in [0.5, 0.6) is 0 Å². The molecule has 6 heteroatoms. The molecule has 0 radical (unpaired) electrons. The number of carboxylic acid groups (broad SMARTS) is 1. The highest BCUT2D eigenvalue weighted by Crippen LogP contribution is 2.07. The molecular weight excluding hydrogens is 248 g/mol. The Morgan fingerprint density at radius 2 is 1.79 bits per heavy atom. The van der Waals surface area contributed by atoms with Crippen LogP contribution in [0.15, 0.2) is 0 Å². The predicted molar refractivity (Wildman–Crippen MR) is 73.0 cm³/mol. The van der Waals surface area contributed by atoms with Gasteiger partial charge in [-0.05, 0) is 32.6 Å². The molecule has 0 aliphatic rings. The maximum atomic E-state index is 12.1. The van der Waals surface area contributed by atoms with Crippen LogP contribution >= 0.6 is 0 Å². The first kappa shape index (κ1) is 17.7.